The van der Waals surface area contributed by atoms with Crippen molar-refractivity contribution in [3.63, 3.8) is 0 Å². The SMILES string of the molecule is CCC(O)(CC)CNC(C)c1cccc(O)c1. The number of hydrogen-bond donors (Lipinski definition) is 3. The van der Waals surface area contributed by atoms with Crippen molar-refractivity contribution < 1.29 is 10.2 Å². The molecule has 0 fully saturated rings. The van der Waals surface area contributed by atoms with Crippen LogP contribution >= 0.6 is 0 Å². The molecule has 3 heteroatoms. The van der Waals surface area contributed by atoms with Crippen LogP contribution in [0.4, 0.5) is 0 Å². The number of hydrogen-bond acceptors (Lipinski definition) is 3. The van der Waals surface area contributed by atoms with E-state index < -0.39 is 5.60 Å². The van der Waals surface area contributed by atoms with Gasteiger partial charge in [0.15, 0.2) is 0 Å². The molecule has 0 amide bonds. The van der Waals surface area contributed by atoms with Crippen LogP contribution in [0, 0.1) is 0 Å². The van der Waals surface area contributed by atoms with Crippen LogP contribution < -0.4 is 5.32 Å². The lowest BCUT2D eigenvalue weighted by Gasteiger charge is -2.27. The highest BCUT2D eigenvalue weighted by Gasteiger charge is 2.22. The second-order valence-electron chi connectivity index (χ2n) is 4.63. The Hall–Kier alpha value is -1.06. The second kappa shape index (κ2) is 6.03. The smallest absolute Gasteiger partial charge is 0.115 e. The summed E-state index contributed by atoms with van der Waals surface area (Å²) in [7, 11) is 0. The molecule has 0 spiro atoms. The van der Waals surface area contributed by atoms with Gasteiger partial charge >= 0.3 is 0 Å². The Morgan fingerprint density at radius 2 is 1.94 bits per heavy atom. The Bertz CT molecular complexity index is 348. The van der Waals surface area contributed by atoms with Crippen molar-refractivity contribution in [1.29, 1.82) is 0 Å². The lowest BCUT2D eigenvalue weighted by atomic mass is 9.96. The van der Waals surface area contributed by atoms with Crippen LogP contribution in [-0.4, -0.2) is 22.4 Å². The zero-order valence-electron chi connectivity index (χ0n) is 10.9. The van der Waals surface area contributed by atoms with E-state index in [4.69, 9.17) is 0 Å². The van der Waals surface area contributed by atoms with Crippen molar-refractivity contribution in [1.82, 2.24) is 5.32 Å². The van der Waals surface area contributed by atoms with Crippen molar-refractivity contribution in [2.24, 2.45) is 0 Å². The predicted octanol–water partition coefficient (Wildman–Crippen LogP) is 2.59. The molecule has 3 N–H and O–H groups in total. The molecule has 0 aliphatic rings. The molecule has 0 aliphatic heterocycles. The minimum Gasteiger partial charge on any atom is -0.508 e. The second-order valence-corrected chi connectivity index (χ2v) is 4.63. The van der Waals surface area contributed by atoms with Gasteiger partial charge in [-0.05, 0) is 37.5 Å². The van der Waals surface area contributed by atoms with Gasteiger partial charge < -0.3 is 15.5 Å². The summed E-state index contributed by atoms with van der Waals surface area (Å²) in [5.74, 6) is 0.275. The van der Waals surface area contributed by atoms with Gasteiger partial charge in [0, 0.05) is 12.6 Å². The molecule has 0 saturated heterocycles. The van der Waals surface area contributed by atoms with Gasteiger partial charge in [-0.2, -0.15) is 0 Å². The molecule has 3 nitrogen and oxygen atoms in total. The van der Waals surface area contributed by atoms with E-state index >= 15 is 0 Å². The molecule has 0 heterocycles. The van der Waals surface area contributed by atoms with Gasteiger partial charge in [-0.25, -0.2) is 0 Å². The molecule has 96 valence electrons. The standard InChI is InChI=1S/C14H23NO2/c1-4-14(17,5-2)10-15-11(3)12-7-6-8-13(16)9-12/h6-9,11,15-17H,4-5,10H2,1-3H3. The molecular formula is C14H23NO2. The van der Waals surface area contributed by atoms with Crippen LogP contribution in [0.25, 0.3) is 0 Å². The maximum Gasteiger partial charge on any atom is 0.115 e. The highest BCUT2D eigenvalue weighted by atomic mass is 16.3. The van der Waals surface area contributed by atoms with Gasteiger partial charge in [-0.1, -0.05) is 26.0 Å². The number of nitrogens with one attached hydrogen (secondary N) is 1. The fourth-order valence-electron chi connectivity index (χ4n) is 1.76. The molecule has 0 radical (unpaired) electrons. The number of rotatable bonds is 6. The molecule has 1 rings (SSSR count). The zero-order valence-corrected chi connectivity index (χ0v) is 10.9. The average molecular weight is 237 g/mol. The number of phenols is 1. The molecule has 1 aromatic carbocycles. The molecule has 0 bridgehead atoms. The third-order valence-electron chi connectivity index (χ3n) is 3.42. The number of aliphatic hydroxyl groups is 1. The number of benzene rings is 1. The minimum atomic E-state index is -0.634. The van der Waals surface area contributed by atoms with E-state index in [1.807, 2.05) is 32.9 Å². The Balaban J connectivity index is 2.58. The van der Waals surface area contributed by atoms with Crippen LogP contribution in [0.2, 0.25) is 0 Å². The van der Waals surface area contributed by atoms with Crippen molar-refractivity contribution >= 4 is 0 Å². The summed E-state index contributed by atoms with van der Waals surface area (Å²) in [6.07, 6.45) is 1.48. The Morgan fingerprint density at radius 1 is 1.29 bits per heavy atom. The molecule has 1 aromatic rings. The fourth-order valence-corrected chi connectivity index (χ4v) is 1.76. The number of aromatic hydroxyl groups is 1. The van der Waals surface area contributed by atoms with Gasteiger partial charge in [0.05, 0.1) is 5.60 Å². The summed E-state index contributed by atoms with van der Waals surface area (Å²) in [4.78, 5) is 0. The van der Waals surface area contributed by atoms with E-state index in [1.54, 1.807) is 12.1 Å². The zero-order chi connectivity index (χ0) is 12.9. The quantitative estimate of drug-likeness (QED) is 0.713. The van der Waals surface area contributed by atoms with Crippen LogP contribution in [0.15, 0.2) is 24.3 Å². The Morgan fingerprint density at radius 3 is 2.47 bits per heavy atom. The lowest BCUT2D eigenvalue weighted by Crippen LogP contribution is -2.40. The molecule has 0 aromatic heterocycles. The maximum absolute atomic E-state index is 10.2. The van der Waals surface area contributed by atoms with Crippen molar-refractivity contribution in [2.75, 3.05) is 6.54 Å². The van der Waals surface area contributed by atoms with E-state index in [2.05, 4.69) is 5.32 Å². The molecule has 17 heavy (non-hydrogen) atoms. The number of phenolic OH excluding ortho intramolecular Hbond substituents is 1. The highest BCUT2D eigenvalue weighted by Crippen LogP contribution is 2.19. The Kier molecular flexibility index (Phi) is 4.97. The van der Waals surface area contributed by atoms with Gasteiger partial charge in [0.25, 0.3) is 0 Å². The first-order valence-corrected chi connectivity index (χ1v) is 6.25. The minimum absolute atomic E-state index is 0.117. The van der Waals surface area contributed by atoms with E-state index in [0.29, 0.717) is 6.54 Å². The first-order valence-electron chi connectivity index (χ1n) is 6.25. The van der Waals surface area contributed by atoms with Crippen LogP contribution in [-0.2, 0) is 0 Å². The van der Waals surface area contributed by atoms with Gasteiger partial charge in [-0.15, -0.1) is 0 Å². The third-order valence-corrected chi connectivity index (χ3v) is 3.42. The summed E-state index contributed by atoms with van der Waals surface area (Å²) in [6.45, 7) is 6.58. The average Bonchev–Trinajstić information content (AvgIpc) is 2.35. The summed E-state index contributed by atoms with van der Waals surface area (Å²) >= 11 is 0. The van der Waals surface area contributed by atoms with E-state index in [-0.39, 0.29) is 11.8 Å². The molecule has 1 atom stereocenters. The maximum atomic E-state index is 10.2. The summed E-state index contributed by atoms with van der Waals surface area (Å²) in [6, 6.07) is 7.31. The van der Waals surface area contributed by atoms with Crippen LogP contribution in [0.1, 0.15) is 45.2 Å². The first-order chi connectivity index (χ1) is 8.00. The lowest BCUT2D eigenvalue weighted by molar-refractivity contribution is 0.0303. The van der Waals surface area contributed by atoms with Gasteiger partial charge in [-0.3, -0.25) is 0 Å². The van der Waals surface area contributed by atoms with Gasteiger partial charge in [0.1, 0.15) is 5.75 Å². The van der Waals surface area contributed by atoms with E-state index in [9.17, 15) is 10.2 Å². The van der Waals surface area contributed by atoms with E-state index in [0.717, 1.165) is 18.4 Å². The van der Waals surface area contributed by atoms with Crippen molar-refractivity contribution in [3.8, 4) is 5.75 Å². The summed E-state index contributed by atoms with van der Waals surface area (Å²) in [5.41, 5.74) is 0.394. The molecular weight excluding hydrogens is 214 g/mol. The van der Waals surface area contributed by atoms with Crippen LogP contribution in [0.3, 0.4) is 0 Å². The van der Waals surface area contributed by atoms with E-state index in [1.165, 1.54) is 0 Å². The van der Waals surface area contributed by atoms with Crippen molar-refractivity contribution in [3.05, 3.63) is 29.8 Å². The van der Waals surface area contributed by atoms with Crippen molar-refractivity contribution in [2.45, 2.75) is 45.3 Å². The molecule has 1 unspecified atom stereocenters. The Labute approximate surface area is 103 Å². The third kappa shape index (κ3) is 4.02. The molecule has 0 saturated carbocycles. The highest BCUT2D eigenvalue weighted by molar-refractivity contribution is 5.29. The summed E-state index contributed by atoms with van der Waals surface area (Å²) < 4.78 is 0. The first kappa shape index (κ1) is 14.0. The predicted molar refractivity (Wildman–Crippen MR) is 70.1 cm³/mol. The van der Waals surface area contributed by atoms with Gasteiger partial charge in [0.2, 0.25) is 0 Å². The monoisotopic (exact) mass is 237 g/mol. The summed E-state index contributed by atoms with van der Waals surface area (Å²) in [5, 5.41) is 22.9. The molecule has 0 aliphatic carbocycles. The topological polar surface area (TPSA) is 52.5 Å². The largest absolute Gasteiger partial charge is 0.508 e. The normalized spacial score (nSPS) is 13.6. The fraction of sp³-hybridized carbons (Fsp3) is 0.571. The van der Waals surface area contributed by atoms with Crippen LogP contribution in [0.5, 0.6) is 5.75 Å².